The molecule has 1 amide bonds. The van der Waals surface area contributed by atoms with Crippen LogP contribution < -0.4 is 5.32 Å². The number of fused-ring (bicyclic) bond motifs is 1. The maximum atomic E-state index is 11.0. The van der Waals surface area contributed by atoms with Crippen molar-refractivity contribution < 1.29 is 4.79 Å². The van der Waals surface area contributed by atoms with Crippen molar-refractivity contribution in [3.05, 3.63) is 28.8 Å². The molecule has 0 unspecified atom stereocenters. The number of amides is 1. The third-order valence-electron chi connectivity index (χ3n) is 4.18. The summed E-state index contributed by atoms with van der Waals surface area (Å²) < 4.78 is 2.38. The Morgan fingerprint density at radius 3 is 3.14 bits per heavy atom. The number of aromatic nitrogens is 3. The third-order valence-corrected chi connectivity index (χ3v) is 4.99. The Morgan fingerprint density at radius 2 is 2.36 bits per heavy atom. The lowest BCUT2D eigenvalue weighted by molar-refractivity contribution is -0.114. The Balaban J connectivity index is 1.42. The van der Waals surface area contributed by atoms with Crippen LogP contribution in [0.25, 0.3) is 0 Å². The Labute approximate surface area is 133 Å². The maximum Gasteiger partial charge on any atom is 0.223 e. The predicted octanol–water partition coefficient (Wildman–Crippen LogP) is 2.19. The second kappa shape index (κ2) is 5.48. The number of hydrogen-bond acceptors (Lipinski definition) is 5. The summed E-state index contributed by atoms with van der Waals surface area (Å²) in [7, 11) is 0. The number of anilines is 1. The topological polar surface area (TPSA) is 63.1 Å². The number of nitrogens with zero attached hydrogens (tertiary/aromatic N) is 4. The third kappa shape index (κ3) is 2.78. The predicted molar refractivity (Wildman–Crippen MR) is 84.7 cm³/mol. The highest BCUT2D eigenvalue weighted by Crippen LogP contribution is 2.37. The van der Waals surface area contributed by atoms with Crippen molar-refractivity contribution in [2.75, 3.05) is 11.9 Å². The number of carbonyl (C=O) groups is 1. The quantitative estimate of drug-likeness (QED) is 0.939. The molecule has 116 valence electrons. The van der Waals surface area contributed by atoms with Gasteiger partial charge < -0.3 is 9.88 Å². The van der Waals surface area contributed by atoms with E-state index in [0.29, 0.717) is 11.2 Å². The summed E-state index contributed by atoms with van der Waals surface area (Å²) in [5.41, 5.74) is 3.66. The van der Waals surface area contributed by atoms with Gasteiger partial charge in [0.1, 0.15) is 0 Å². The first kappa shape index (κ1) is 13.9. The van der Waals surface area contributed by atoms with E-state index in [2.05, 4.69) is 24.8 Å². The van der Waals surface area contributed by atoms with Crippen LogP contribution in [0.4, 0.5) is 5.13 Å². The molecule has 22 heavy (non-hydrogen) atoms. The Kier molecular flexibility index (Phi) is 3.46. The first-order chi connectivity index (χ1) is 10.7. The van der Waals surface area contributed by atoms with Crippen molar-refractivity contribution >= 4 is 22.4 Å². The highest BCUT2D eigenvalue weighted by atomic mass is 32.1. The molecule has 1 fully saturated rings. The van der Waals surface area contributed by atoms with Crippen LogP contribution in [-0.4, -0.2) is 31.9 Å². The van der Waals surface area contributed by atoms with Gasteiger partial charge in [0.25, 0.3) is 0 Å². The van der Waals surface area contributed by atoms with Gasteiger partial charge in [-0.3, -0.25) is 9.69 Å². The summed E-state index contributed by atoms with van der Waals surface area (Å²) in [6.45, 7) is 4.25. The summed E-state index contributed by atoms with van der Waals surface area (Å²) >= 11 is 1.48. The van der Waals surface area contributed by atoms with E-state index >= 15 is 0 Å². The van der Waals surface area contributed by atoms with Crippen LogP contribution in [0.15, 0.2) is 11.7 Å². The SMILES string of the molecule is CC(=O)Nc1nc(CN2CCc3c(ncn3C3CC3)C2)cs1. The zero-order chi connectivity index (χ0) is 15.1. The van der Waals surface area contributed by atoms with Crippen LogP contribution >= 0.6 is 11.3 Å². The smallest absolute Gasteiger partial charge is 0.223 e. The van der Waals surface area contributed by atoms with E-state index in [4.69, 9.17) is 0 Å². The average Bonchev–Trinajstić information content (AvgIpc) is 3.10. The fourth-order valence-corrected chi connectivity index (χ4v) is 3.75. The van der Waals surface area contributed by atoms with Crippen LogP contribution in [0.2, 0.25) is 0 Å². The summed E-state index contributed by atoms with van der Waals surface area (Å²) in [6.07, 6.45) is 5.69. The van der Waals surface area contributed by atoms with Crippen LogP contribution in [0.3, 0.4) is 0 Å². The second-order valence-corrected chi connectivity index (χ2v) is 6.92. The molecule has 6 nitrogen and oxygen atoms in total. The molecule has 0 aromatic carbocycles. The zero-order valence-electron chi connectivity index (χ0n) is 12.6. The summed E-state index contributed by atoms with van der Waals surface area (Å²) in [5, 5.41) is 5.43. The minimum Gasteiger partial charge on any atom is -0.331 e. The van der Waals surface area contributed by atoms with Gasteiger partial charge in [-0.15, -0.1) is 11.3 Å². The molecule has 4 rings (SSSR count). The first-order valence-corrected chi connectivity index (χ1v) is 8.56. The van der Waals surface area contributed by atoms with Crippen molar-refractivity contribution in [1.82, 2.24) is 19.4 Å². The molecule has 2 aromatic rings. The zero-order valence-corrected chi connectivity index (χ0v) is 13.4. The van der Waals surface area contributed by atoms with Crippen LogP contribution in [0.1, 0.15) is 42.9 Å². The Morgan fingerprint density at radius 1 is 1.50 bits per heavy atom. The first-order valence-electron chi connectivity index (χ1n) is 7.68. The lowest BCUT2D eigenvalue weighted by atomic mass is 10.1. The van der Waals surface area contributed by atoms with Gasteiger partial charge >= 0.3 is 0 Å². The highest BCUT2D eigenvalue weighted by Gasteiger charge is 2.29. The average molecular weight is 317 g/mol. The van der Waals surface area contributed by atoms with Gasteiger partial charge in [-0.2, -0.15) is 0 Å². The molecule has 3 heterocycles. The molecule has 1 N–H and O–H groups in total. The van der Waals surface area contributed by atoms with Crippen molar-refractivity contribution in [2.24, 2.45) is 0 Å². The van der Waals surface area contributed by atoms with Crippen molar-refractivity contribution in [3.63, 3.8) is 0 Å². The number of rotatable bonds is 4. The van der Waals surface area contributed by atoms with E-state index in [1.165, 1.54) is 42.5 Å². The largest absolute Gasteiger partial charge is 0.331 e. The molecular formula is C15H19N5OS. The molecule has 2 aromatic heterocycles. The number of thiazole rings is 1. The van der Waals surface area contributed by atoms with Crippen LogP contribution in [0, 0.1) is 0 Å². The maximum absolute atomic E-state index is 11.0. The van der Waals surface area contributed by atoms with Crippen LogP contribution in [-0.2, 0) is 24.3 Å². The Hall–Kier alpha value is -1.73. The minimum atomic E-state index is -0.0749. The fraction of sp³-hybridized carbons (Fsp3) is 0.533. The van der Waals surface area contributed by atoms with E-state index in [1.54, 1.807) is 0 Å². The van der Waals surface area contributed by atoms with Gasteiger partial charge in [0.2, 0.25) is 5.91 Å². The molecular weight excluding hydrogens is 298 g/mol. The number of carbonyl (C=O) groups excluding carboxylic acids is 1. The van der Waals surface area contributed by atoms with Crippen molar-refractivity contribution in [1.29, 1.82) is 0 Å². The van der Waals surface area contributed by atoms with Crippen LogP contribution in [0.5, 0.6) is 0 Å². The minimum absolute atomic E-state index is 0.0749. The normalized spacial score (nSPS) is 18.2. The molecule has 0 saturated heterocycles. The van der Waals surface area contributed by atoms with Gasteiger partial charge in [-0.1, -0.05) is 0 Å². The number of imidazole rings is 1. The monoisotopic (exact) mass is 317 g/mol. The Bertz CT molecular complexity index is 703. The highest BCUT2D eigenvalue weighted by molar-refractivity contribution is 7.13. The summed E-state index contributed by atoms with van der Waals surface area (Å²) in [5.74, 6) is -0.0749. The van der Waals surface area contributed by atoms with Gasteiger partial charge in [-0.25, -0.2) is 9.97 Å². The van der Waals surface area contributed by atoms with Gasteiger partial charge in [-0.05, 0) is 12.8 Å². The van der Waals surface area contributed by atoms with E-state index < -0.39 is 0 Å². The molecule has 1 aliphatic heterocycles. The van der Waals surface area contributed by atoms with Crippen molar-refractivity contribution in [3.8, 4) is 0 Å². The van der Waals surface area contributed by atoms with E-state index in [9.17, 15) is 4.79 Å². The molecule has 0 bridgehead atoms. The van der Waals surface area contributed by atoms with Gasteiger partial charge in [0, 0.05) is 50.1 Å². The second-order valence-electron chi connectivity index (χ2n) is 6.06. The molecule has 1 aliphatic carbocycles. The number of hydrogen-bond donors (Lipinski definition) is 1. The van der Waals surface area contributed by atoms with E-state index in [1.807, 2.05) is 11.7 Å². The van der Waals surface area contributed by atoms with Gasteiger partial charge in [0.15, 0.2) is 5.13 Å². The standard InChI is InChI=1S/C15H19N5OS/c1-10(21)17-15-18-11(8-22-15)6-19-5-4-14-13(7-19)16-9-20(14)12-2-3-12/h8-9,12H,2-7H2,1H3,(H,17,18,21). The molecule has 0 radical (unpaired) electrons. The van der Waals surface area contributed by atoms with Gasteiger partial charge in [0.05, 0.1) is 17.7 Å². The lowest BCUT2D eigenvalue weighted by Gasteiger charge is -2.26. The summed E-state index contributed by atoms with van der Waals surface area (Å²) in [4.78, 5) is 22.5. The van der Waals surface area contributed by atoms with Crippen molar-refractivity contribution in [2.45, 2.75) is 45.3 Å². The molecule has 7 heteroatoms. The molecule has 0 spiro atoms. The van der Waals surface area contributed by atoms with E-state index in [0.717, 1.165) is 31.7 Å². The number of nitrogens with one attached hydrogen (secondary N) is 1. The molecule has 2 aliphatic rings. The lowest BCUT2D eigenvalue weighted by Crippen LogP contribution is -2.31. The fourth-order valence-electron chi connectivity index (χ4n) is 3.00. The molecule has 0 atom stereocenters. The molecule has 1 saturated carbocycles. The summed E-state index contributed by atoms with van der Waals surface area (Å²) in [6, 6.07) is 0.710. The van der Waals surface area contributed by atoms with E-state index in [-0.39, 0.29) is 5.91 Å².